The standard InChI is InChI=1S/C25H35NO6/c1-5-6-7-8-9-10-11-15-19(3)23(28)22-20(27)17-21(32-24(22)29)18(2)14-12-13-16-26-25(30)31-4/h10-11,13,15-18,27H,5-9,12,14H2,1-4H3,(H,26,30)/b11-10+,16-13+,19-15+. The second-order valence-electron chi connectivity index (χ2n) is 7.67. The number of unbranched alkanes of at least 4 members (excludes halogenated alkanes) is 4. The van der Waals surface area contributed by atoms with Crippen molar-refractivity contribution in [3.8, 4) is 5.75 Å². The van der Waals surface area contributed by atoms with Crippen molar-refractivity contribution in [2.75, 3.05) is 7.11 Å². The molecule has 0 spiro atoms. The molecule has 0 aromatic carbocycles. The van der Waals surface area contributed by atoms with Gasteiger partial charge in [0.05, 0.1) is 7.11 Å². The van der Waals surface area contributed by atoms with E-state index in [0.29, 0.717) is 24.2 Å². The first-order chi connectivity index (χ1) is 15.3. The third-order valence-electron chi connectivity index (χ3n) is 5.00. The van der Waals surface area contributed by atoms with Crippen LogP contribution in [0.4, 0.5) is 4.79 Å². The van der Waals surface area contributed by atoms with E-state index in [4.69, 9.17) is 4.42 Å². The molecular formula is C25H35NO6. The molecule has 0 aliphatic heterocycles. The predicted octanol–water partition coefficient (Wildman–Crippen LogP) is 5.75. The highest BCUT2D eigenvalue weighted by atomic mass is 16.5. The van der Waals surface area contributed by atoms with Gasteiger partial charge < -0.3 is 14.3 Å². The van der Waals surface area contributed by atoms with Crippen molar-refractivity contribution in [2.24, 2.45) is 0 Å². The number of ether oxygens (including phenoxy) is 1. The van der Waals surface area contributed by atoms with E-state index in [1.807, 2.05) is 13.0 Å². The van der Waals surface area contributed by atoms with Gasteiger partial charge in [0.15, 0.2) is 5.78 Å². The van der Waals surface area contributed by atoms with Crippen LogP contribution in [0.5, 0.6) is 5.75 Å². The lowest BCUT2D eigenvalue weighted by atomic mass is 10.00. The Morgan fingerprint density at radius 3 is 2.62 bits per heavy atom. The zero-order valence-corrected chi connectivity index (χ0v) is 19.5. The Bertz CT molecular complexity index is 894. The lowest BCUT2D eigenvalue weighted by Gasteiger charge is -2.11. The molecule has 0 radical (unpaired) electrons. The Balaban J connectivity index is 2.74. The molecule has 32 heavy (non-hydrogen) atoms. The second-order valence-corrected chi connectivity index (χ2v) is 7.67. The van der Waals surface area contributed by atoms with Crippen LogP contribution in [0.1, 0.15) is 87.8 Å². The van der Waals surface area contributed by atoms with Gasteiger partial charge in [-0.2, -0.15) is 0 Å². The Labute approximate surface area is 189 Å². The quantitative estimate of drug-likeness (QED) is 0.173. The third-order valence-corrected chi connectivity index (χ3v) is 5.00. The zero-order valence-electron chi connectivity index (χ0n) is 19.5. The molecule has 7 nitrogen and oxygen atoms in total. The van der Waals surface area contributed by atoms with Gasteiger partial charge >= 0.3 is 11.7 Å². The van der Waals surface area contributed by atoms with Gasteiger partial charge in [-0.25, -0.2) is 9.59 Å². The number of ketones is 1. The van der Waals surface area contributed by atoms with Gasteiger partial charge in [-0.3, -0.25) is 10.1 Å². The van der Waals surface area contributed by atoms with Crippen LogP contribution < -0.4 is 10.9 Å². The first-order valence-corrected chi connectivity index (χ1v) is 11.1. The minimum Gasteiger partial charge on any atom is -0.507 e. The summed E-state index contributed by atoms with van der Waals surface area (Å²) in [5.74, 6) is -0.810. The summed E-state index contributed by atoms with van der Waals surface area (Å²) in [6, 6.07) is 1.33. The molecule has 2 N–H and O–H groups in total. The van der Waals surface area contributed by atoms with E-state index in [9.17, 15) is 19.5 Å². The van der Waals surface area contributed by atoms with Crippen molar-refractivity contribution in [1.29, 1.82) is 0 Å². The Hall–Kier alpha value is -3.09. The van der Waals surface area contributed by atoms with E-state index in [1.54, 1.807) is 25.2 Å². The van der Waals surface area contributed by atoms with Gasteiger partial charge in [0.1, 0.15) is 17.1 Å². The number of nitrogens with one attached hydrogen (secondary N) is 1. The largest absolute Gasteiger partial charge is 0.507 e. The minimum absolute atomic E-state index is 0.173. The van der Waals surface area contributed by atoms with Gasteiger partial charge in [-0.1, -0.05) is 57.4 Å². The number of carbonyl (C=O) groups excluding carboxylic acids is 2. The molecule has 0 fully saturated rings. The zero-order chi connectivity index (χ0) is 23.9. The number of carbonyl (C=O) groups is 2. The van der Waals surface area contributed by atoms with Crippen molar-refractivity contribution in [1.82, 2.24) is 5.32 Å². The van der Waals surface area contributed by atoms with E-state index in [-0.39, 0.29) is 17.2 Å². The van der Waals surface area contributed by atoms with Crippen LogP contribution in [0.15, 0.2) is 51.4 Å². The number of allylic oxidation sites excluding steroid dienone is 5. The predicted molar refractivity (Wildman–Crippen MR) is 125 cm³/mol. The summed E-state index contributed by atoms with van der Waals surface area (Å²) in [5.41, 5.74) is -0.856. The molecular weight excluding hydrogens is 410 g/mol. The molecule has 7 heteroatoms. The van der Waals surface area contributed by atoms with Crippen molar-refractivity contribution < 1.29 is 23.8 Å². The molecule has 0 aliphatic rings. The maximum atomic E-state index is 12.6. The van der Waals surface area contributed by atoms with Crippen LogP contribution in [-0.2, 0) is 4.74 Å². The Morgan fingerprint density at radius 1 is 1.22 bits per heavy atom. The highest BCUT2D eigenvalue weighted by Crippen LogP contribution is 2.25. The molecule has 1 aromatic heterocycles. The number of rotatable bonds is 13. The number of alkyl carbamates (subject to hydrolysis) is 1. The number of hydrogen-bond donors (Lipinski definition) is 2. The maximum Gasteiger partial charge on any atom is 0.410 e. The van der Waals surface area contributed by atoms with Gasteiger partial charge in [0, 0.05) is 18.2 Å². The summed E-state index contributed by atoms with van der Waals surface area (Å²) in [6.45, 7) is 5.61. The molecule has 1 heterocycles. The summed E-state index contributed by atoms with van der Waals surface area (Å²) in [5, 5.41) is 12.8. The lowest BCUT2D eigenvalue weighted by molar-refractivity contribution is 0.102. The van der Waals surface area contributed by atoms with E-state index < -0.39 is 17.5 Å². The average molecular weight is 446 g/mol. The molecule has 1 amide bonds. The summed E-state index contributed by atoms with van der Waals surface area (Å²) in [6.07, 6.45) is 14.9. The number of methoxy groups -OCH3 is 1. The summed E-state index contributed by atoms with van der Waals surface area (Å²) in [4.78, 5) is 36.0. The van der Waals surface area contributed by atoms with E-state index in [0.717, 1.165) is 12.8 Å². The topological polar surface area (TPSA) is 106 Å². The van der Waals surface area contributed by atoms with Crippen LogP contribution in [0, 0.1) is 0 Å². The summed E-state index contributed by atoms with van der Waals surface area (Å²) < 4.78 is 9.77. The number of aromatic hydroxyl groups is 1. The van der Waals surface area contributed by atoms with Crippen LogP contribution in [0.25, 0.3) is 0 Å². The number of Topliss-reactive ketones (excluding diaryl/α,β-unsaturated/α-hetero) is 1. The fourth-order valence-electron chi connectivity index (χ4n) is 2.98. The maximum absolute atomic E-state index is 12.6. The molecule has 1 aromatic rings. The average Bonchev–Trinajstić information content (AvgIpc) is 2.77. The SMILES string of the molecule is CCCCCC/C=C/C=C(\C)C(=O)c1c(O)cc(C(C)CC/C=C/NC(=O)OC)oc1=O. The Morgan fingerprint density at radius 2 is 1.97 bits per heavy atom. The van der Waals surface area contributed by atoms with Crippen LogP contribution in [-0.4, -0.2) is 24.1 Å². The van der Waals surface area contributed by atoms with Gasteiger partial charge in [-0.15, -0.1) is 0 Å². The smallest absolute Gasteiger partial charge is 0.410 e. The van der Waals surface area contributed by atoms with E-state index >= 15 is 0 Å². The van der Waals surface area contributed by atoms with Crippen LogP contribution >= 0.6 is 0 Å². The fourth-order valence-corrected chi connectivity index (χ4v) is 2.98. The second kappa shape index (κ2) is 14.8. The number of hydrogen-bond acceptors (Lipinski definition) is 6. The third kappa shape index (κ3) is 9.37. The molecule has 0 saturated heterocycles. The van der Waals surface area contributed by atoms with E-state index in [1.165, 1.54) is 38.6 Å². The molecule has 1 unspecified atom stereocenters. The first kappa shape index (κ1) is 26.9. The fraction of sp³-hybridized carbons (Fsp3) is 0.480. The van der Waals surface area contributed by atoms with Gasteiger partial charge in [0.2, 0.25) is 0 Å². The first-order valence-electron chi connectivity index (χ1n) is 11.1. The summed E-state index contributed by atoms with van der Waals surface area (Å²) >= 11 is 0. The van der Waals surface area contributed by atoms with Crippen molar-refractivity contribution in [2.45, 2.75) is 71.6 Å². The van der Waals surface area contributed by atoms with Crippen LogP contribution in [0.2, 0.25) is 0 Å². The van der Waals surface area contributed by atoms with Gasteiger partial charge in [-0.05, 0) is 38.2 Å². The molecule has 0 bridgehead atoms. The molecule has 0 aliphatic carbocycles. The lowest BCUT2D eigenvalue weighted by Crippen LogP contribution is -2.16. The van der Waals surface area contributed by atoms with Crippen molar-refractivity contribution >= 4 is 11.9 Å². The highest BCUT2D eigenvalue weighted by molar-refractivity contribution is 6.09. The highest BCUT2D eigenvalue weighted by Gasteiger charge is 2.21. The number of amides is 1. The molecule has 1 rings (SSSR count). The monoisotopic (exact) mass is 445 g/mol. The molecule has 176 valence electrons. The van der Waals surface area contributed by atoms with Gasteiger partial charge in [0.25, 0.3) is 0 Å². The minimum atomic E-state index is -0.851. The summed E-state index contributed by atoms with van der Waals surface area (Å²) in [7, 11) is 1.28. The van der Waals surface area contributed by atoms with E-state index in [2.05, 4.69) is 17.0 Å². The van der Waals surface area contributed by atoms with Crippen LogP contribution in [0.3, 0.4) is 0 Å². The normalized spacial score (nSPS) is 12.9. The molecule has 0 saturated carbocycles. The molecule has 1 atom stereocenters. The Kier molecular flexibility index (Phi) is 12.5. The van der Waals surface area contributed by atoms with Crippen molar-refractivity contribution in [3.63, 3.8) is 0 Å². The van der Waals surface area contributed by atoms with Crippen molar-refractivity contribution in [3.05, 3.63) is 63.9 Å².